The van der Waals surface area contributed by atoms with Crippen molar-refractivity contribution in [2.24, 2.45) is 0 Å². The third kappa shape index (κ3) is 29.3. The summed E-state index contributed by atoms with van der Waals surface area (Å²) in [6.07, 6.45) is 0.234. The first-order valence-electron chi connectivity index (χ1n) is 2.11. The van der Waals surface area contributed by atoms with E-state index in [0.717, 1.165) is 0 Å². The number of rotatable bonds is 0. The van der Waals surface area contributed by atoms with Gasteiger partial charge in [-0.05, 0) is 6.92 Å². The first-order valence-corrected chi connectivity index (χ1v) is 3.25. The summed E-state index contributed by atoms with van der Waals surface area (Å²) in [6.45, 7) is 1.93. The molecule has 1 N–H and O–H groups in total. The average Bonchev–Trinajstić information content (AvgIpc) is 1.67. The lowest BCUT2D eigenvalue weighted by molar-refractivity contribution is -0.107. The summed E-state index contributed by atoms with van der Waals surface area (Å²) in [6, 6.07) is 0. The van der Waals surface area contributed by atoms with E-state index in [2.05, 4.69) is 0 Å². The molecule has 2 nitrogen and oxygen atoms in total. The molecule has 0 rings (SSSR count). The van der Waals surface area contributed by atoms with Crippen LogP contribution < -0.4 is 0 Å². The lowest BCUT2D eigenvalue weighted by atomic mass is 10.9. The minimum absolute atomic E-state index is 0.234. The standard InChI is InChI=1S/C2HCl3O.C2H6O/c3-2(4,5)1-6;1-2-3/h1H;3H,2H2,1H3. The van der Waals surface area contributed by atoms with Gasteiger partial charge >= 0.3 is 0 Å². The fourth-order valence-corrected chi connectivity index (χ4v) is 0. The molecule has 0 saturated carbocycles. The molecule has 0 aromatic carbocycles. The molecular weight excluding hydrogens is 186 g/mol. The molecule has 0 aromatic rings. The zero-order chi connectivity index (χ0) is 7.91. The highest BCUT2D eigenvalue weighted by molar-refractivity contribution is 6.74. The lowest BCUT2D eigenvalue weighted by Crippen LogP contribution is -2.00. The molecule has 9 heavy (non-hydrogen) atoms. The monoisotopic (exact) mass is 192 g/mol. The van der Waals surface area contributed by atoms with Gasteiger partial charge in [-0.2, -0.15) is 0 Å². The quantitative estimate of drug-likeness (QED) is 0.468. The average molecular weight is 193 g/mol. The SMILES string of the molecule is CCO.O=CC(Cl)(Cl)Cl. The van der Waals surface area contributed by atoms with Crippen LogP contribution in [0.5, 0.6) is 0 Å². The van der Waals surface area contributed by atoms with Crippen LogP contribution in [0.1, 0.15) is 6.92 Å². The first-order chi connectivity index (χ1) is 3.97. The van der Waals surface area contributed by atoms with E-state index >= 15 is 0 Å². The molecule has 0 spiro atoms. The first kappa shape index (κ1) is 12.2. The summed E-state index contributed by atoms with van der Waals surface area (Å²) in [5.41, 5.74) is 0. The maximum atomic E-state index is 9.43. The fraction of sp³-hybridized carbons (Fsp3) is 0.750. The molecular formula is C4H7Cl3O2. The number of aliphatic hydroxyl groups is 1. The summed E-state index contributed by atoms with van der Waals surface area (Å²) in [7, 11) is 0. The Balaban J connectivity index is 0. The molecule has 0 saturated heterocycles. The zero-order valence-corrected chi connectivity index (χ0v) is 7.04. The molecule has 0 aromatic heterocycles. The van der Waals surface area contributed by atoms with Crippen molar-refractivity contribution >= 4 is 41.1 Å². The van der Waals surface area contributed by atoms with Crippen LogP contribution in [-0.4, -0.2) is 21.8 Å². The number of hydrogen-bond acceptors (Lipinski definition) is 2. The van der Waals surface area contributed by atoms with Crippen LogP contribution in [0.15, 0.2) is 0 Å². The highest BCUT2D eigenvalue weighted by atomic mass is 35.6. The smallest absolute Gasteiger partial charge is 0.245 e. The van der Waals surface area contributed by atoms with Crippen molar-refractivity contribution in [3.8, 4) is 0 Å². The van der Waals surface area contributed by atoms with Gasteiger partial charge in [0.25, 0.3) is 0 Å². The van der Waals surface area contributed by atoms with Gasteiger partial charge in [0.15, 0.2) is 6.29 Å². The van der Waals surface area contributed by atoms with E-state index in [9.17, 15) is 4.79 Å². The van der Waals surface area contributed by atoms with Crippen LogP contribution in [0.3, 0.4) is 0 Å². The van der Waals surface area contributed by atoms with Crippen molar-refractivity contribution in [1.82, 2.24) is 0 Å². The van der Waals surface area contributed by atoms with Crippen molar-refractivity contribution in [3.63, 3.8) is 0 Å². The number of hydrogen-bond donors (Lipinski definition) is 1. The third-order valence-corrected chi connectivity index (χ3v) is 0.401. The van der Waals surface area contributed by atoms with Crippen molar-refractivity contribution in [2.75, 3.05) is 6.61 Å². The van der Waals surface area contributed by atoms with E-state index in [1.165, 1.54) is 0 Å². The summed E-state index contributed by atoms with van der Waals surface area (Å²) < 4.78 is -1.72. The lowest BCUT2D eigenvalue weighted by Gasteiger charge is -1.93. The van der Waals surface area contributed by atoms with Gasteiger partial charge in [-0.3, -0.25) is 4.79 Å². The summed E-state index contributed by atoms with van der Waals surface area (Å²) in [5.74, 6) is 0. The van der Waals surface area contributed by atoms with Crippen molar-refractivity contribution in [2.45, 2.75) is 10.7 Å². The molecule has 0 aliphatic carbocycles. The Hall–Kier alpha value is 0.500. The second-order valence-electron chi connectivity index (χ2n) is 0.976. The van der Waals surface area contributed by atoms with Crippen LogP contribution in [0.25, 0.3) is 0 Å². The zero-order valence-electron chi connectivity index (χ0n) is 4.77. The largest absolute Gasteiger partial charge is 0.397 e. The highest BCUT2D eigenvalue weighted by Gasteiger charge is 2.16. The van der Waals surface area contributed by atoms with Gasteiger partial charge in [-0.1, -0.05) is 34.8 Å². The minimum atomic E-state index is -1.72. The number of carbonyl (C=O) groups excluding carboxylic acids is 1. The maximum Gasteiger partial charge on any atom is 0.245 e. The van der Waals surface area contributed by atoms with Gasteiger partial charge in [0.2, 0.25) is 3.79 Å². The Bertz CT molecular complexity index is 68.7. The topological polar surface area (TPSA) is 37.3 Å². The van der Waals surface area contributed by atoms with Gasteiger partial charge in [0.05, 0.1) is 0 Å². The van der Waals surface area contributed by atoms with Gasteiger partial charge in [0.1, 0.15) is 0 Å². The van der Waals surface area contributed by atoms with Crippen molar-refractivity contribution in [3.05, 3.63) is 0 Å². The molecule has 0 fully saturated rings. The van der Waals surface area contributed by atoms with Crippen molar-refractivity contribution in [1.29, 1.82) is 0 Å². The Kier molecular flexibility index (Phi) is 8.97. The predicted molar refractivity (Wildman–Crippen MR) is 39.1 cm³/mol. The van der Waals surface area contributed by atoms with Crippen LogP contribution >= 0.6 is 34.8 Å². The van der Waals surface area contributed by atoms with Crippen molar-refractivity contribution < 1.29 is 9.90 Å². The Labute approximate surface area is 68.7 Å². The van der Waals surface area contributed by atoms with Gasteiger partial charge in [0, 0.05) is 6.61 Å². The molecule has 0 aliphatic heterocycles. The molecule has 0 heterocycles. The molecule has 5 heteroatoms. The van der Waals surface area contributed by atoms with E-state index in [-0.39, 0.29) is 12.9 Å². The van der Waals surface area contributed by atoms with Crippen LogP contribution in [0.2, 0.25) is 0 Å². The highest BCUT2D eigenvalue weighted by Crippen LogP contribution is 2.21. The molecule has 0 amide bonds. The second-order valence-corrected chi connectivity index (χ2v) is 3.34. The van der Waals surface area contributed by atoms with Gasteiger partial charge in [-0.15, -0.1) is 0 Å². The summed E-state index contributed by atoms with van der Waals surface area (Å²) >= 11 is 14.6. The normalized spacial score (nSPS) is 9.44. The van der Waals surface area contributed by atoms with E-state index in [0.29, 0.717) is 0 Å². The van der Waals surface area contributed by atoms with E-state index in [1.807, 2.05) is 0 Å². The Morgan fingerprint density at radius 2 is 1.67 bits per heavy atom. The molecule has 0 bridgehead atoms. The van der Waals surface area contributed by atoms with Crippen LogP contribution in [-0.2, 0) is 4.79 Å². The molecule has 0 unspecified atom stereocenters. The predicted octanol–water partition coefficient (Wildman–Crippen LogP) is 1.55. The molecule has 0 atom stereocenters. The number of aldehydes is 1. The number of alkyl halides is 3. The van der Waals surface area contributed by atoms with Gasteiger partial charge in [-0.25, -0.2) is 0 Å². The molecule has 0 aliphatic rings. The summed E-state index contributed by atoms with van der Waals surface area (Å²) in [5, 5.41) is 7.57. The number of aliphatic hydroxyl groups excluding tert-OH is 1. The van der Waals surface area contributed by atoms with Gasteiger partial charge < -0.3 is 5.11 Å². The van der Waals surface area contributed by atoms with Crippen LogP contribution in [0, 0.1) is 0 Å². The Morgan fingerprint density at radius 3 is 1.67 bits per heavy atom. The summed E-state index contributed by atoms with van der Waals surface area (Å²) in [4.78, 5) is 9.43. The van der Waals surface area contributed by atoms with E-state index < -0.39 is 3.79 Å². The number of halogens is 3. The Morgan fingerprint density at radius 1 is 1.56 bits per heavy atom. The van der Waals surface area contributed by atoms with E-state index in [4.69, 9.17) is 39.9 Å². The minimum Gasteiger partial charge on any atom is -0.397 e. The molecule has 56 valence electrons. The molecule has 0 radical (unpaired) electrons. The second kappa shape index (κ2) is 6.62. The number of carbonyl (C=O) groups is 1. The maximum absolute atomic E-state index is 9.43. The van der Waals surface area contributed by atoms with Crippen LogP contribution in [0.4, 0.5) is 0 Å². The third-order valence-electron chi connectivity index (χ3n) is 0.134. The fourth-order valence-electron chi connectivity index (χ4n) is 0. The van der Waals surface area contributed by atoms with E-state index in [1.54, 1.807) is 6.92 Å².